The van der Waals surface area contributed by atoms with Crippen LogP contribution in [-0.2, 0) is 14.1 Å². The highest BCUT2D eigenvalue weighted by molar-refractivity contribution is 6.08. The first-order valence-electron chi connectivity index (χ1n) is 8.04. The first-order valence-corrected chi connectivity index (χ1v) is 8.04. The van der Waals surface area contributed by atoms with Crippen LogP contribution in [0.25, 0.3) is 33.1 Å². The summed E-state index contributed by atoms with van der Waals surface area (Å²) in [6.07, 6.45) is 0. The van der Waals surface area contributed by atoms with E-state index >= 15 is 0 Å². The third-order valence-electron chi connectivity index (χ3n) is 4.59. The van der Waals surface area contributed by atoms with Crippen LogP contribution in [0, 0.1) is 6.92 Å². The number of rotatable bonds is 1. The molecule has 0 N–H and O–H groups in total. The van der Waals surface area contributed by atoms with E-state index in [-0.39, 0.29) is 11.2 Å². The summed E-state index contributed by atoms with van der Waals surface area (Å²) in [4.78, 5) is 30.2. The molecule has 2 aromatic carbocycles. The van der Waals surface area contributed by atoms with Crippen LogP contribution < -0.4 is 11.2 Å². The number of aromatic nitrogens is 3. The van der Waals surface area contributed by atoms with E-state index < -0.39 is 0 Å². The Labute approximate surface area is 143 Å². The van der Waals surface area contributed by atoms with Gasteiger partial charge in [0.1, 0.15) is 0 Å². The normalized spacial score (nSPS) is 11.3. The summed E-state index contributed by atoms with van der Waals surface area (Å²) in [5, 5.41) is 1.28. The first-order chi connectivity index (χ1) is 12.0. The van der Waals surface area contributed by atoms with Crippen molar-refractivity contribution in [1.82, 2.24) is 14.1 Å². The first kappa shape index (κ1) is 15.3. The summed E-state index contributed by atoms with van der Waals surface area (Å²) in [7, 11) is 3.19. The van der Waals surface area contributed by atoms with E-state index in [4.69, 9.17) is 4.98 Å². The van der Waals surface area contributed by atoms with Crippen molar-refractivity contribution in [3.8, 4) is 11.3 Å². The largest absolute Gasteiger partial charge is 0.330 e. The van der Waals surface area contributed by atoms with Gasteiger partial charge in [0.25, 0.3) is 5.56 Å². The number of hydrogen-bond donors (Lipinski definition) is 0. The Morgan fingerprint density at radius 2 is 1.64 bits per heavy atom. The topological polar surface area (TPSA) is 56.9 Å². The lowest BCUT2D eigenvalue weighted by atomic mass is 10.0. The van der Waals surface area contributed by atoms with E-state index in [1.54, 1.807) is 7.05 Å². The highest BCUT2D eigenvalue weighted by Crippen LogP contribution is 2.29. The highest BCUT2D eigenvalue weighted by Gasteiger charge is 2.18. The van der Waals surface area contributed by atoms with Gasteiger partial charge in [0.15, 0.2) is 0 Å². The van der Waals surface area contributed by atoms with E-state index in [2.05, 4.69) is 0 Å². The molecular weight excluding hydrogens is 314 g/mol. The smallest absolute Gasteiger partial charge is 0.295 e. The molecule has 0 bridgehead atoms. The van der Waals surface area contributed by atoms with Crippen LogP contribution in [0.2, 0.25) is 0 Å². The Bertz CT molecular complexity index is 1250. The zero-order valence-corrected chi connectivity index (χ0v) is 14.3. The van der Waals surface area contributed by atoms with Crippen molar-refractivity contribution in [3.05, 3.63) is 74.9 Å². The van der Waals surface area contributed by atoms with Gasteiger partial charge in [0.2, 0.25) is 0 Å². The van der Waals surface area contributed by atoms with Gasteiger partial charge >= 0.3 is 5.69 Å². The van der Waals surface area contributed by atoms with E-state index in [1.165, 1.54) is 11.6 Å². The van der Waals surface area contributed by atoms with Gasteiger partial charge in [-0.25, -0.2) is 9.78 Å². The lowest BCUT2D eigenvalue weighted by Gasteiger charge is -2.14. The maximum Gasteiger partial charge on any atom is 0.330 e. The summed E-state index contributed by atoms with van der Waals surface area (Å²) in [6.45, 7) is 1.98. The molecule has 0 saturated heterocycles. The summed E-state index contributed by atoms with van der Waals surface area (Å²) >= 11 is 0. The second-order valence-corrected chi connectivity index (χ2v) is 6.28. The molecule has 5 nitrogen and oxygen atoms in total. The summed E-state index contributed by atoms with van der Waals surface area (Å²) < 4.78 is 2.67. The zero-order chi connectivity index (χ0) is 17.7. The second-order valence-electron chi connectivity index (χ2n) is 6.28. The predicted octanol–water partition coefficient (Wildman–Crippen LogP) is 2.76. The number of benzene rings is 2. The van der Waals surface area contributed by atoms with Crippen molar-refractivity contribution in [2.24, 2.45) is 14.1 Å². The van der Waals surface area contributed by atoms with Gasteiger partial charge in [-0.1, -0.05) is 42.0 Å². The molecule has 0 amide bonds. The Hall–Kier alpha value is -3.21. The van der Waals surface area contributed by atoms with Crippen molar-refractivity contribution in [2.75, 3.05) is 0 Å². The van der Waals surface area contributed by atoms with E-state index in [9.17, 15) is 9.59 Å². The minimum Gasteiger partial charge on any atom is -0.295 e. The fourth-order valence-corrected chi connectivity index (χ4v) is 3.29. The van der Waals surface area contributed by atoms with E-state index in [0.29, 0.717) is 16.6 Å². The van der Waals surface area contributed by atoms with Crippen molar-refractivity contribution in [3.63, 3.8) is 0 Å². The number of fused-ring (bicyclic) bond motifs is 3. The van der Waals surface area contributed by atoms with Crippen LogP contribution in [0.4, 0.5) is 0 Å². The quantitative estimate of drug-likeness (QED) is 0.504. The maximum absolute atomic E-state index is 12.9. The maximum atomic E-state index is 12.9. The molecule has 2 aromatic heterocycles. The van der Waals surface area contributed by atoms with Crippen molar-refractivity contribution in [2.45, 2.75) is 6.92 Å². The summed E-state index contributed by atoms with van der Waals surface area (Å²) in [5.74, 6) is 0. The molecule has 0 radical (unpaired) electrons. The Kier molecular flexibility index (Phi) is 3.32. The molecule has 0 saturated carbocycles. The zero-order valence-electron chi connectivity index (χ0n) is 14.3. The fraction of sp³-hybridized carbons (Fsp3) is 0.150. The van der Waals surface area contributed by atoms with Crippen molar-refractivity contribution >= 4 is 21.8 Å². The van der Waals surface area contributed by atoms with E-state index in [1.807, 2.05) is 55.5 Å². The Morgan fingerprint density at radius 1 is 0.920 bits per heavy atom. The van der Waals surface area contributed by atoms with E-state index in [0.717, 1.165) is 26.6 Å². The van der Waals surface area contributed by atoms with Crippen LogP contribution in [-0.4, -0.2) is 14.1 Å². The Morgan fingerprint density at radius 3 is 2.36 bits per heavy atom. The highest BCUT2D eigenvalue weighted by atomic mass is 16.2. The number of pyridine rings is 1. The summed E-state index contributed by atoms with van der Waals surface area (Å²) in [5.41, 5.74) is 3.23. The van der Waals surface area contributed by atoms with Gasteiger partial charge < -0.3 is 0 Å². The predicted molar refractivity (Wildman–Crippen MR) is 99.9 cm³/mol. The van der Waals surface area contributed by atoms with Crippen molar-refractivity contribution in [1.29, 1.82) is 0 Å². The monoisotopic (exact) mass is 331 g/mol. The van der Waals surface area contributed by atoms with Gasteiger partial charge in [0.05, 0.1) is 22.1 Å². The minimum absolute atomic E-state index is 0.326. The van der Waals surface area contributed by atoms with Crippen LogP contribution in [0.15, 0.2) is 58.1 Å². The lowest BCUT2D eigenvalue weighted by Crippen LogP contribution is -2.37. The van der Waals surface area contributed by atoms with Gasteiger partial charge in [-0.05, 0) is 19.1 Å². The molecule has 0 aliphatic rings. The molecule has 0 aliphatic heterocycles. The molecule has 0 spiro atoms. The standard InChI is InChI=1S/C20H17N3O2/c1-12-9-10-15-14(11-12)18-16(19(24)23(3)20(25)22(18)2)17(21-15)13-7-5-4-6-8-13/h4-11H,1-3H3. The molecule has 4 aromatic rings. The molecule has 5 heteroatoms. The number of nitrogens with zero attached hydrogens (tertiary/aromatic N) is 3. The molecule has 4 rings (SSSR count). The second kappa shape index (κ2) is 5.41. The molecule has 0 atom stereocenters. The van der Waals surface area contributed by atoms with Gasteiger partial charge in [0, 0.05) is 25.0 Å². The molecule has 124 valence electrons. The number of aryl methyl sites for hydroxylation is 2. The van der Waals surface area contributed by atoms with Gasteiger partial charge in [-0.3, -0.25) is 13.9 Å². The molecular formula is C20H17N3O2. The third kappa shape index (κ3) is 2.20. The van der Waals surface area contributed by atoms with Crippen LogP contribution >= 0.6 is 0 Å². The Balaban J connectivity index is 2.37. The summed E-state index contributed by atoms with van der Waals surface area (Å²) in [6, 6.07) is 15.5. The van der Waals surface area contributed by atoms with Gasteiger partial charge in [-0.15, -0.1) is 0 Å². The van der Waals surface area contributed by atoms with Crippen LogP contribution in [0.1, 0.15) is 5.56 Å². The number of hydrogen-bond acceptors (Lipinski definition) is 3. The SMILES string of the molecule is Cc1ccc2nc(-c3ccccc3)c3c(=O)n(C)c(=O)n(C)c3c2c1. The van der Waals surface area contributed by atoms with Crippen LogP contribution in [0.5, 0.6) is 0 Å². The lowest BCUT2D eigenvalue weighted by molar-refractivity contribution is 0.715. The molecule has 2 heterocycles. The molecule has 25 heavy (non-hydrogen) atoms. The minimum atomic E-state index is -0.342. The average Bonchev–Trinajstić information content (AvgIpc) is 2.64. The third-order valence-corrected chi connectivity index (χ3v) is 4.59. The molecule has 0 aliphatic carbocycles. The van der Waals surface area contributed by atoms with Crippen LogP contribution in [0.3, 0.4) is 0 Å². The van der Waals surface area contributed by atoms with Crippen molar-refractivity contribution < 1.29 is 0 Å². The van der Waals surface area contributed by atoms with Gasteiger partial charge in [-0.2, -0.15) is 0 Å². The molecule has 0 fully saturated rings. The molecule has 0 unspecified atom stereocenters. The fourth-order valence-electron chi connectivity index (χ4n) is 3.29. The average molecular weight is 331 g/mol.